The number of rotatable bonds is 9. The summed E-state index contributed by atoms with van der Waals surface area (Å²) in [4.78, 5) is 9.45. The van der Waals surface area contributed by atoms with Gasteiger partial charge in [-0.25, -0.2) is 0 Å². The van der Waals surface area contributed by atoms with Gasteiger partial charge in [-0.05, 0) is 33.4 Å². The number of unbranched alkanes of at least 4 members (excludes halogenated alkanes) is 1. The van der Waals surface area contributed by atoms with E-state index >= 15 is 0 Å². The lowest BCUT2D eigenvalue weighted by molar-refractivity contribution is 0.236. The molecule has 0 fully saturated rings. The fraction of sp³-hybridized carbons (Fsp3) is 0.933. The molecular weight excluding hydrogens is 363 g/mol. The van der Waals surface area contributed by atoms with Crippen LogP contribution < -0.4 is 5.32 Å². The largest absolute Gasteiger partial charge is 0.357 e. The summed E-state index contributed by atoms with van der Waals surface area (Å²) in [5.74, 6) is 1.04. The lowest BCUT2D eigenvalue weighted by atomic mass is 10.3. The Kier molecular flexibility index (Phi) is 15.5. The van der Waals surface area contributed by atoms with Crippen LogP contribution in [-0.4, -0.2) is 61.6 Å². The zero-order chi connectivity index (χ0) is 14.7. The quantitative estimate of drug-likeness (QED) is 0.368. The molecule has 122 valence electrons. The molecule has 0 bridgehead atoms. The zero-order valence-electron chi connectivity index (χ0n) is 14.3. The van der Waals surface area contributed by atoms with Gasteiger partial charge in [0.25, 0.3) is 0 Å². The van der Waals surface area contributed by atoms with Crippen LogP contribution >= 0.6 is 24.0 Å². The first-order valence-electron chi connectivity index (χ1n) is 7.84. The number of nitrogens with one attached hydrogen (secondary N) is 1. The predicted molar refractivity (Wildman–Crippen MR) is 101 cm³/mol. The van der Waals surface area contributed by atoms with Crippen molar-refractivity contribution in [2.45, 2.75) is 53.5 Å². The van der Waals surface area contributed by atoms with Gasteiger partial charge in [-0.15, -0.1) is 24.0 Å². The van der Waals surface area contributed by atoms with Crippen LogP contribution in [0.3, 0.4) is 0 Å². The van der Waals surface area contributed by atoms with Gasteiger partial charge in [0.1, 0.15) is 0 Å². The van der Waals surface area contributed by atoms with Gasteiger partial charge in [-0.2, -0.15) is 0 Å². The minimum absolute atomic E-state index is 0. The number of guanidine groups is 1. The van der Waals surface area contributed by atoms with E-state index in [1.54, 1.807) is 0 Å². The molecule has 0 heterocycles. The lowest BCUT2D eigenvalue weighted by Crippen LogP contribution is -2.41. The molecule has 0 rings (SSSR count). The Bertz CT molecular complexity index is 242. The van der Waals surface area contributed by atoms with Crippen LogP contribution in [-0.2, 0) is 0 Å². The van der Waals surface area contributed by atoms with Crippen LogP contribution in [0.5, 0.6) is 0 Å². The van der Waals surface area contributed by atoms with Gasteiger partial charge in [0.05, 0.1) is 6.54 Å². The molecule has 0 aromatic carbocycles. The van der Waals surface area contributed by atoms with E-state index in [1.807, 2.05) is 0 Å². The number of aliphatic imine (C=N–C) groups is 1. The highest BCUT2D eigenvalue weighted by Gasteiger charge is 2.10. The van der Waals surface area contributed by atoms with Crippen molar-refractivity contribution in [2.75, 3.05) is 39.8 Å². The Morgan fingerprint density at radius 3 is 2.20 bits per heavy atom. The first-order valence-corrected chi connectivity index (χ1v) is 7.84. The van der Waals surface area contributed by atoms with Gasteiger partial charge in [-0.3, -0.25) is 9.89 Å². The van der Waals surface area contributed by atoms with Crippen LogP contribution in [0.25, 0.3) is 0 Å². The molecule has 0 aliphatic rings. The summed E-state index contributed by atoms with van der Waals surface area (Å²) < 4.78 is 0. The minimum Gasteiger partial charge on any atom is -0.357 e. The van der Waals surface area contributed by atoms with E-state index in [1.165, 1.54) is 12.8 Å². The van der Waals surface area contributed by atoms with Crippen molar-refractivity contribution in [3.63, 3.8) is 0 Å². The fourth-order valence-electron chi connectivity index (χ4n) is 2.15. The van der Waals surface area contributed by atoms with Crippen LogP contribution in [0.2, 0.25) is 0 Å². The summed E-state index contributed by atoms with van der Waals surface area (Å²) >= 11 is 0. The number of halogens is 1. The predicted octanol–water partition coefficient (Wildman–Crippen LogP) is 3.03. The van der Waals surface area contributed by atoms with E-state index in [-0.39, 0.29) is 24.0 Å². The maximum atomic E-state index is 4.77. The van der Waals surface area contributed by atoms with Crippen molar-refractivity contribution in [3.05, 3.63) is 0 Å². The first-order chi connectivity index (χ1) is 9.10. The lowest BCUT2D eigenvalue weighted by Gasteiger charge is -2.26. The van der Waals surface area contributed by atoms with Crippen molar-refractivity contribution >= 4 is 29.9 Å². The average Bonchev–Trinajstić information content (AvgIpc) is 2.42. The van der Waals surface area contributed by atoms with Gasteiger partial charge < -0.3 is 10.2 Å². The van der Waals surface area contributed by atoms with E-state index in [0.29, 0.717) is 6.04 Å². The molecule has 5 heteroatoms. The van der Waals surface area contributed by atoms with Crippen molar-refractivity contribution in [3.8, 4) is 0 Å². The van der Waals surface area contributed by atoms with E-state index in [2.05, 4.69) is 56.8 Å². The molecule has 0 aromatic heterocycles. The number of hydrogen-bond acceptors (Lipinski definition) is 2. The highest BCUT2D eigenvalue weighted by molar-refractivity contribution is 14.0. The van der Waals surface area contributed by atoms with Crippen molar-refractivity contribution in [1.29, 1.82) is 0 Å². The van der Waals surface area contributed by atoms with Crippen LogP contribution in [0.1, 0.15) is 47.5 Å². The molecule has 1 N–H and O–H groups in total. The molecular formula is C15H35IN4. The molecule has 4 nitrogen and oxygen atoms in total. The third-order valence-corrected chi connectivity index (χ3v) is 3.48. The topological polar surface area (TPSA) is 30.9 Å². The van der Waals surface area contributed by atoms with Crippen molar-refractivity contribution < 1.29 is 0 Å². The summed E-state index contributed by atoms with van der Waals surface area (Å²) in [5.41, 5.74) is 0. The van der Waals surface area contributed by atoms with Gasteiger partial charge in [-0.1, -0.05) is 27.2 Å². The Hall–Kier alpha value is -0.0400. The number of hydrogen-bond donors (Lipinski definition) is 1. The Balaban J connectivity index is 0. The molecule has 0 saturated heterocycles. The Morgan fingerprint density at radius 2 is 1.75 bits per heavy atom. The molecule has 0 spiro atoms. The molecule has 0 saturated carbocycles. The maximum Gasteiger partial charge on any atom is 0.193 e. The van der Waals surface area contributed by atoms with Gasteiger partial charge in [0.15, 0.2) is 5.96 Å². The highest BCUT2D eigenvalue weighted by Crippen LogP contribution is 2.00. The number of likely N-dealkylation sites (N-methyl/N-ethyl adjacent to an activating group) is 1. The smallest absolute Gasteiger partial charge is 0.193 e. The van der Waals surface area contributed by atoms with Crippen molar-refractivity contribution in [2.24, 2.45) is 4.99 Å². The summed E-state index contributed by atoms with van der Waals surface area (Å²) in [5, 5.41) is 3.38. The van der Waals surface area contributed by atoms with Crippen molar-refractivity contribution in [1.82, 2.24) is 15.1 Å². The normalized spacial score (nSPS) is 13.1. The molecule has 0 amide bonds. The minimum atomic E-state index is 0. The zero-order valence-corrected chi connectivity index (χ0v) is 16.6. The maximum absolute atomic E-state index is 4.77. The van der Waals surface area contributed by atoms with Gasteiger partial charge in [0.2, 0.25) is 0 Å². The third kappa shape index (κ3) is 9.00. The second-order valence-corrected chi connectivity index (χ2v) is 5.04. The SMILES string of the molecule is CCCCN(C)C(=NCC(C)N(CC)CC)NCC.I. The van der Waals surface area contributed by atoms with E-state index in [9.17, 15) is 0 Å². The molecule has 20 heavy (non-hydrogen) atoms. The van der Waals surface area contributed by atoms with Crippen LogP contribution in [0.4, 0.5) is 0 Å². The molecule has 0 aromatic rings. The summed E-state index contributed by atoms with van der Waals surface area (Å²) in [6, 6.07) is 0.503. The first kappa shape index (κ1) is 22.2. The second kappa shape index (κ2) is 13.9. The standard InChI is InChI=1S/C15H34N4.HI/c1-7-11-12-18(6)15(16-8-2)17-13-14(5)19(9-3)10-4;/h14H,7-13H2,1-6H3,(H,16,17);1H. The second-order valence-electron chi connectivity index (χ2n) is 5.04. The Morgan fingerprint density at radius 1 is 1.15 bits per heavy atom. The number of nitrogens with zero attached hydrogens (tertiary/aromatic N) is 3. The van der Waals surface area contributed by atoms with E-state index < -0.39 is 0 Å². The molecule has 1 unspecified atom stereocenters. The molecule has 0 aliphatic carbocycles. The van der Waals surface area contributed by atoms with Gasteiger partial charge in [0, 0.05) is 26.2 Å². The highest BCUT2D eigenvalue weighted by atomic mass is 127. The Labute approximate surface area is 143 Å². The molecule has 0 radical (unpaired) electrons. The van der Waals surface area contributed by atoms with E-state index in [4.69, 9.17) is 4.99 Å². The summed E-state index contributed by atoms with van der Waals surface area (Å²) in [6.07, 6.45) is 2.44. The molecule has 1 atom stereocenters. The van der Waals surface area contributed by atoms with Gasteiger partial charge >= 0.3 is 0 Å². The summed E-state index contributed by atoms with van der Waals surface area (Å²) in [7, 11) is 2.12. The monoisotopic (exact) mass is 398 g/mol. The average molecular weight is 398 g/mol. The van der Waals surface area contributed by atoms with Crippen LogP contribution in [0, 0.1) is 0 Å². The van der Waals surface area contributed by atoms with Crippen LogP contribution in [0.15, 0.2) is 4.99 Å². The third-order valence-electron chi connectivity index (χ3n) is 3.48. The molecule has 0 aliphatic heterocycles. The summed E-state index contributed by atoms with van der Waals surface area (Å²) in [6.45, 7) is 16.1. The fourth-order valence-corrected chi connectivity index (χ4v) is 2.15. The van der Waals surface area contributed by atoms with E-state index in [0.717, 1.165) is 38.7 Å².